The van der Waals surface area contributed by atoms with Crippen LogP contribution in [-0.2, 0) is 11.2 Å². The number of nitrogens with two attached hydrogens (primary N) is 1. The van der Waals surface area contributed by atoms with Gasteiger partial charge in [-0.05, 0) is 6.42 Å². The molecular formula is C12H16F3N5O. The molecule has 0 radical (unpaired) electrons. The lowest BCUT2D eigenvalue weighted by atomic mass is 9.95. The molecule has 1 amide bonds. The quantitative estimate of drug-likeness (QED) is 0.875. The molecule has 2 aliphatic heterocycles. The minimum Gasteiger partial charge on any atom is -0.369 e. The van der Waals surface area contributed by atoms with Crippen molar-refractivity contribution in [2.75, 3.05) is 19.6 Å². The zero-order chi connectivity index (χ0) is 15.2. The van der Waals surface area contributed by atoms with Gasteiger partial charge in [-0.1, -0.05) is 0 Å². The number of likely N-dealkylation sites (tertiary alicyclic amines) is 1. The molecule has 3 heterocycles. The number of halogens is 3. The Balaban J connectivity index is 1.70. The second-order valence-corrected chi connectivity index (χ2v) is 5.69. The summed E-state index contributed by atoms with van der Waals surface area (Å²) < 4.78 is 40.7. The van der Waals surface area contributed by atoms with E-state index in [4.69, 9.17) is 5.73 Å². The Kier molecular flexibility index (Phi) is 3.39. The summed E-state index contributed by atoms with van der Waals surface area (Å²) in [5.41, 5.74) is 5.12. The van der Waals surface area contributed by atoms with Crippen molar-refractivity contribution in [3.05, 3.63) is 12.2 Å². The summed E-state index contributed by atoms with van der Waals surface area (Å²) in [7, 11) is 0. The number of carbonyl (C=O) groups is 1. The van der Waals surface area contributed by atoms with Crippen molar-refractivity contribution in [2.45, 2.75) is 25.1 Å². The molecule has 1 fully saturated rings. The van der Waals surface area contributed by atoms with Gasteiger partial charge in [0, 0.05) is 26.1 Å². The largest absolute Gasteiger partial charge is 0.393 e. The van der Waals surface area contributed by atoms with Crippen LogP contribution in [0.3, 0.4) is 0 Å². The Morgan fingerprint density at radius 1 is 1.43 bits per heavy atom. The van der Waals surface area contributed by atoms with Crippen molar-refractivity contribution in [3.63, 3.8) is 0 Å². The van der Waals surface area contributed by atoms with Crippen molar-refractivity contribution in [1.29, 1.82) is 0 Å². The lowest BCUT2D eigenvalue weighted by molar-refractivity contribution is -0.182. The van der Waals surface area contributed by atoms with Crippen molar-refractivity contribution < 1.29 is 18.0 Å². The molecule has 116 valence electrons. The van der Waals surface area contributed by atoms with Crippen LogP contribution in [-0.4, -0.2) is 51.4 Å². The summed E-state index contributed by atoms with van der Waals surface area (Å²) in [6, 6.07) is 0.0167. The summed E-state index contributed by atoms with van der Waals surface area (Å²) in [5.74, 6) is -2.86. The number of rotatable bonds is 3. The topological polar surface area (TPSA) is 77.0 Å². The molecule has 2 aliphatic rings. The van der Waals surface area contributed by atoms with E-state index in [2.05, 4.69) is 10.1 Å². The van der Waals surface area contributed by atoms with E-state index in [1.54, 1.807) is 9.58 Å². The summed E-state index contributed by atoms with van der Waals surface area (Å²) in [5, 5.41) is 4.11. The van der Waals surface area contributed by atoms with Gasteiger partial charge in [0.15, 0.2) is 0 Å². The Bertz CT molecular complexity index is 543. The number of hydrogen-bond donors (Lipinski definition) is 1. The van der Waals surface area contributed by atoms with Crippen LogP contribution >= 0.6 is 0 Å². The second-order valence-electron chi connectivity index (χ2n) is 5.69. The number of carbonyl (C=O) groups excluding carboxylic acids is 1. The lowest BCUT2D eigenvalue weighted by Gasteiger charge is -2.21. The van der Waals surface area contributed by atoms with Gasteiger partial charge < -0.3 is 5.73 Å². The molecule has 0 saturated carbocycles. The maximum atomic E-state index is 13.0. The number of hydrogen-bond acceptors (Lipinski definition) is 4. The van der Waals surface area contributed by atoms with Gasteiger partial charge in [0.05, 0.1) is 17.9 Å². The van der Waals surface area contributed by atoms with Crippen molar-refractivity contribution in [1.82, 2.24) is 19.7 Å². The predicted molar refractivity (Wildman–Crippen MR) is 66.0 cm³/mol. The van der Waals surface area contributed by atoms with E-state index in [1.165, 1.54) is 6.33 Å². The molecule has 0 bridgehead atoms. The van der Waals surface area contributed by atoms with Crippen LogP contribution in [0.15, 0.2) is 6.33 Å². The molecule has 6 nitrogen and oxygen atoms in total. The molecule has 1 aromatic rings. The fourth-order valence-electron chi connectivity index (χ4n) is 3.30. The van der Waals surface area contributed by atoms with Crippen molar-refractivity contribution >= 4 is 5.91 Å². The fourth-order valence-corrected chi connectivity index (χ4v) is 3.30. The highest BCUT2D eigenvalue weighted by Gasteiger charge is 2.52. The van der Waals surface area contributed by atoms with E-state index in [-0.39, 0.29) is 19.1 Å². The average molecular weight is 303 g/mol. The van der Waals surface area contributed by atoms with E-state index in [0.29, 0.717) is 6.54 Å². The average Bonchev–Trinajstić information content (AvgIpc) is 3.05. The molecule has 2 N–H and O–H groups in total. The maximum Gasteiger partial charge on any atom is 0.393 e. The highest BCUT2D eigenvalue weighted by molar-refractivity contribution is 5.77. The smallest absolute Gasteiger partial charge is 0.369 e. The Hall–Kier alpha value is -1.64. The van der Waals surface area contributed by atoms with E-state index in [0.717, 1.165) is 18.7 Å². The summed E-state index contributed by atoms with van der Waals surface area (Å²) >= 11 is 0. The van der Waals surface area contributed by atoms with E-state index >= 15 is 0 Å². The van der Waals surface area contributed by atoms with Gasteiger partial charge in [0.2, 0.25) is 5.91 Å². The molecule has 1 aromatic heterocycles. The molecular weight excluding hydrogens is 287 g/mol. The third kappa shape index (κ3) is 2.61. The van der Waals surface area contributed by atoms with Crippen LogP contribution in [0.5, 0.6) is 0 Å². The minimum atomic E-state index is -4.40. The first kappa shape index (κ1) is 14.3. The normalized spacial score (nSPS) is 29.8. The van der Waals surface area contributed by atoms with Gasteiger partial charge in [-0.3, -0.25) is 9.69 Å². The number of nitrogens with zero attached hydrogens (tertiary/aromatic N) is 4. The van der Waals surface area contributed by atoms with Crippen LogP contribution in [0.2, 0.25) is 0 Å². The number of aromatic nitrogens is 3. The molecule has 1 unspecified atom stereocenters. The zero-order valence-corrected chi connectivity index (χ0v) is 11.3. The molecule has 0 aromatic carbocycles. The van der Waals surface area contributed by atoms with E-state index in [9.17, 15) is 18.0 Å². The molecule has 9 heteroatoms. The molecule has 3 atom stereocenters. The van der Waals surface area contributed by atoms with Gasteiger partial charge in [0.25, 0.3) is 0 Å². The van der Waals surface area contributed by atoms with Gasteiger partial charge in [-0.2, -0.15) is 18.3 Å². The van der Waals surface area contributed by atoms with Gasteiger partial charge in [0.1, 0.15) is 12.2 Å². The highest BCUT2D eigenvalue weighted by Crippen LogP contribution is 2.38. The molecule has 1 saturated heterocycles. The second kappa shape index (κ2) is 4.97. The standard InChI is InChI=1S/C12H16F3N5O/c13-12(14,15)9-5-19(4-8(9)11(16)21)3-7-1-2-10-17-6-18-20(7)10/h6-9H,1-5H2,(H2,16,21)/t7?,8-,9-/m1/s1. The van der Waals surface area contributed by atoms with E-state index < -0.39 is 23.9 Å². The van der Waals surface area contributed by atoms with Gasteiger partial charge in [-0.25, -0.2) is 9.67 Å². The first-order valence-corrected chi connectivity index (χ1v) is 6.83. The van der Waals surface area contributed by atoms with Gasteiger partial charge >= 0.3 is 6.18 Å². The predicted octanol–water partition coefficient (Wildman–Crippen LogP) is 0.361. The Labute approximate surface area is 119 Å². The van der Waals surface area contributed by atoms with Gasteiger partial charge in [-0.15, -0.1) is 0 Å². The highest BCUT2D eigenvalue weighted by atomic mass is 19.4. The molecule has 3 rings (SSSR count). The summed E-state index contributed by atoms with van der Waals surface area (Å²) in [6.07, 6.45) is -1.36. The number of primary amides is 1. The number of alkyl halides is 3. The number of fused-ring (bicyclic) bond motifs is 1. The maximum absolute atomic E-state index is 13.0. The Morgan fingerprint density at radius 3 is 2.81 bits per heavy atom. The van der Waals surface area contributed by atoms with Crippen LogP contribution < -0.4 is 5.73 Å². The summed E-state index contributed by atoms with van der Waals surface area (Å²) in [4.78, 5) is 17.0. The molecule has 0 aliphatic carbocycles. The Morgan fingerprint density at radius 2 is 2.19 bits per heavy atom. The molecule has 0 spiro atoms. The third-order valence-electron chi connectivity index (χ3n) is 4.34. The summed E-state index contributed by atoms with van der Waals surface area (Å²) in [6.45, 7) is 0.310. The van der Waals surface area contributed by atoms with Crippen LogP contribution in [0, 0.1) is 11.8 Å². The van der Waals surface area contributed by atoms with Crippen LogP contribution in [0.4, 0.5) is 13.2 Å². The lowest BCUT2D eigenvalue weighted by Crippen LogP contribution is -2.37. The van der Waals surface area contributed by atoms with Crippen molar-refractivity contribution in [2.24, 2.45) is 17.6 Å². The fraction of sp³-hybridized carbons (Fsp3) is 0.750. The monoisotopic (exact) mass is 303 g/mol. The SMILES string of the molecule is NC(=O)[C@@H]1CN(CC2CCc3ncnn32)C[C@H]1C(F)(F)F. The number of aryl methyl sites for hydroxylation is 1. The first-order valence-electron chi connectivity index (χ1n) is 6.83. The van der Waals surface area contributed by atoms with E-state index in [1.807, 2.05) is 0 Å². The first-order chi connectivity index (χ1) is 9.86. The zero-order valence-electron chi connectivity index (χ0n) is 11.3. The van der Waals surface area contributed by atoms with Crippen LogP contribution in [0.25, 0.3) is 0 Å². The molecule has 21 heavy (non-hydrogen) atoms. The minimum absolute atomic E-state index is 0.0167. The number of amides is 1. The van der Waals surface area contributed by atoms with Crippen molar-refractivity contribution in [3.8, 4) is 0 Å². The van der Waals surface area contributed by atoms with Crippen LogP contribution in [0.1, 0.15) is 18.3 Å². The third-order valence-corrected chi connectivity index (χ3v) is 4.34.